The van der Waals surface area contributed by atoms with Crippen LogP contribution in [-0.4, -0.2) is 37.4 Å². The summed E-state index contributed by atoms with van der Waals surface area (Å²) in [6.45, 7) is 0. The first-order chi connectivity index (χ1) is 14.1. The maximum absolute atomic E-state index is 12.5. The topological polar surface area (TPSA) is 177 Å². The predicted molar refractivity (Wildman–Crippen MR) is 112 cm³/mol. The molecule has 0 fully saturated rings. The van der Waals surface area contributed by atoms with Gasteiger partial charge >= 0.3 is 5.97 Å². The second kappa shape index (κ2) is 9.55. The maximum Gasteiger partial charge on any atom is 0.305 e. The van der Waals surface area contributed by atoms with Crippen molar-refractivity contribution >= 4 is 39.2 Å². The molecule has 0 heterocycles. The highest BCUT2D eigenvalue weighted by Gasteiger charge is 2.21. The van der Waals surface area contributed by atoms with Crippen molar-refractivity contribution in [2.75, 3.05) is 5.32 Å². The molecule has 1 atom stereocenters. The zero-order valence-corrected chi connectivity index (χ0v) is 16.4. The Kier molecular flexibility index (Phi) is 7.13. The molecule has 7 N–H and O–H groups in total. The lowest BCUT2D eigenvalue weighted by Crippen LogP contribution is -2.35. The number of aliphatic imine (C=N–C) groups is 1. The Morgan fingerprint density at radius 3 is 2.50 bits per heavy atom. The number of guanidine groups is 1. The number of carbonyl (C=O) groups excluding carboxylic acids is 1. The molecule has 1 amide bonds. The van der Waals surface area contributed by atoms with E-state index in [2.05, 4.69) is 21.0 Å². The third-order valence-electron chi connectivity index (χ3n) is 3.65. The lowest BCUT2D eigenvalue weighted by atomic mass is 10.2. The number of carboxylic acid groups (broad SMARTS) is 1. The van der Waals surface area contributed by atoms with Gasteiger partial charge in [-0.15, -0.1) is 6.42 Å². The highest BCUT2D eigenvalue weighted by molar-refractivity contribution is 7.89. The minimum atomic E-state index is -4.11. The van der Waals surface area contributed by atoms with Gasteiger partial charge in [0.2, 0.25) is 10.0 Å². The van der Waals surface area contributed by atoms with E-state index >= 15 is 0 Å². The molecule has 156 valence electrons. The van der Waals surface area contributed by atoms with Gasteiger partial charge < -0.3 is 21.9 Å². The molecule has 2 aromatic rings. The normalized spacial score (nSPS) is 11.7. The third kappa shape index (κ3) is 6.33. The third-order valence-corrected chi connectivity index (χ3v) is 5.12. The summed E-state index contributed by atoms with van der Waals surface area (Å²) in [6, 6.07) is 10.4. The Balaban J connectivity index is 2.21. The van der Waals surface area contributed by atoms with Gasteiger partial charge in [0.05, 0.1) is 23.0 Å². The molecule has 0 saturated carbocycles. The summed E-state index contributed by atoms with van der Waals surface area (Å²) in [6.07, 6.45) is 4.62. The van der Waals surface area contributed by atoms with E-state index in [1.54, 1.807) is 12.1 Å². The Morgan fingerprint density at radius 1 is 1.17 bits per heavy atom. The molecule has 0 spiro atoms. The Morgan fingerprint density at radius 2 is 1.87 bits per heavy atom. The maximum atomic E-state index is 12.5. The van der Waals surface area contributed by atoms with Crippen LogP contribution in [0, 0.1) is 12.3 Å². The van der Waals surface area contributed by atoms with Gasteiger partial charge in [0.25, 0.3) is 5.91 Å². The van der Waals surface area contributed by atoms with Crippen LogP contribution in [0.5, 0.6) is 0 Å². The van der Waals surface area contributed by atoms with Crippen molar-refractivity contribution in [2.24, 2.45) is 16.5 Å². The monoisotopic (exact) mass is 429 g/mol. The van der Waals surface area contributed by atoms with Crippen molar-refractivity contribution in [3.63, 3.8) is 0 Å². The Bertz CT molecular complexity index is 1130. The van der Waals surface area contributed by atoms with Crippen molar-refractivity contribution in [1.82, 2.24) is 4.72 Å². The zero-order valence-electron chi connectivity index (χ0n) is 15.6. The van der Waals surface area contributed by atoms with Gasteiger partial charge in [0.15, 0.2) is 5.96 Å². The summed E-state index contributed by atoms with van der Waals surface area (Å²) >= 11 is 0. The van der Waals surface area contributed by atoms with Crippen LogP contribution in [0.25, 0.3) is 0 Å². The standard InChI is InChI=1S/C19H19N5O5S/c1-2-13(11-17(25)26)24-30(28,29)16-8-4-7-15(10-16)22-18(27)12-5-3-6-14(9-12)23-19(20)21/h1,3-10,13,24H,11H2,(H,22,27)(H,25,26)(H4,20,21,23)/t13-/m1/s1. The fourth-order valence-corrected chi connectivity index (χ4v) is 3.58. The minimum Gasteiger partial charge on any atom is -0.481 e. The van der Waals surface area contributed by atoms with E-state index in [-0.39, 0.29) is 22.1 Å². The first-order valence-electron chi connectivity index (χ1n) is 8.42. The Labute approximate surface area is 173 Å². The molecule has 30 heavy (non-hydrogen) atoms. The fraction of sp³-hybridized carbons (Fsp3) is 0.105. The lowest BCUT2D eigenvalue weighted by Gasteiger charge is -2.13. The van der Waals surface area contributed by atoms with Crippen LogP contribution in [0.4, 0.5) is 11.4 Å². The molecule has 0 bridgehead atoms. The summed E-state index contributed by atoms with van der Waals surface area (Å²) in [7, 11) is -4.11. The number of carbonyl (C=O) groups is 2. The lowest BCUT2D eigenvalue weighted by molar-refractivity contribution is -0.137. The molecule has 11 heteroatoms. The number of nitrogens with one attached hydrogen (secondary N) is 2. The average Bonchev–Trinajstić information content (AvgIpc) is 2.66. The highest BCUT2D eigenvalue weighted by Crippen LogP contribution is 2.19. The van der Waals surface area contributed by atoms with Gasteiger partial charge in [-0.25, -0.2) is 13.4 Å². The van der Waals surface area contributed by atoms with Crippen LogP contribution in [0.15, 0.2) is 58.4 Å². The summed E-state index contributed by atoms with van der Waals surface area (Å²) in [5, 5.41) is 11.4. The minimum absolute atomic E-state index is 0.161. The molecule has 0 aliphatic heterocycles. The number of amides is 1. The van der Waals surface area contributed by atoms with Crippen molar-refractivity contribution in [2.45, 2.75) is 17.4 Å². The number of rotatable bonds is 8. The number of anilines is 1. The van der Waals surface area contributed by atoms with E-state index in [9.17, 15) is 18.0 Å². The van der Waals surface area contributed by atoms with Crippen LogP contribution >= 0.6 is 0 Å². The van der Waals surface area contributed by atoms with E-state index in [0.717, 1.165) is 0 Å². The first kappa shape index (κ1) is 22.4. The molecule has 0 aromatic heterocycles. The molecule has 0 unspecified atom stereocenters. The molecule has 10 nitrogen and oxygen atoms in total. The van der Waals surface area contributed by atoms with Gasteiger partial charge in [-0.05, 0) is 36.4 Å². The van der Waals surface area contributed by atoms with Crippen LogP contribution < -0.4 is 21.5 Å². The number of nitrogens with zero attached hydrogens (tertiary/aromatic N) is 1. The molecule has 2 aromatic carbocycles. The van der Waals surface area contributed by atoms with E-state index in [1.807, 2.05) is 0 Å². The Hall–Kier alpha value is -3.88. The SMILES string of the molecule is C#C[C@H](CC(=O)O)NS(=O)(=O)c1cccc(NC(=O)c2cccc(N=C(N)N)c2)c1. The summed E-state index contributed by atoms with van der Waals surface area (Å²) in [5.41, 5.74) is 11.5. The molecular formula is C19H19N5O5S. The van der Waals surface area contributed by atoms with Gasteiger partial charge in [0.1, 0.15) is 0 Å². The van der Waals surface area contributed by atoms with Crippen LogP contribution in [-0.2, 0) is 14.8 Å². The number of nitrogens with two attached hydrogens (primary N) is 2. The van der Waals surface area contributed by atoms with Gasteiger partial charge in [-0.3, -0.25) is 9.59 Å². The number of hydrogen-bond donors (Lipinski definition) is 5. The van der Waals surface area contributed by atoms with E-state index in [0.29, 0.717) is 5.69 Å². The largest absolute Gasteiger partial charge is 0.481 e. The molecule has 0 aliphatic carbocycles. The quantitative estimate of drug-likeness (QED) is 0.232. The molecular weight excluding hydrogens is 410 g/mol. The smallest absolute Gasteiger partial charge is 0.305 e. The van der Waals surface area contributed by atoms with Gasteiger partial charge in [0, 0.05) is 11.3 Å². The molecule has 0 radical (unpaired) electrons. The summed E-state index contributed by atoms with van der Waals surface area (Å²) in [4.78, 5) is 26.9. The molecule has 2 rings (SSSR count). The molecule has 0 aliphatic rings. The van der Waals surface area contributed by atoms with E-state index < -0.39 is 34.4 Å². The number of hydrogen-bond acceptors (Lipinski definition) is 5. The second-order valence-electron chi connectivity index (χ2n) is 6.01. The highest BCUT2D eigenvalue weighted by atomic mass is 32.2. The second-order valence-corrected chi connectivity index (χ2v) is 7.72. The van der Waals surface area contributed by atoms with Crippen molar-refractivity contribution in [1.29, 1.82) is 0 Å². The van der Waals surface area contributed by atoms with Crippen molar-refractivity contribution < 1.29 is 23.1 Å². The summed E-state index contributed by atoms with van der Waals surface area (Å²) in [5.74, 6) is 0.154. The van der Waals surface area contributed by atoms with Gasteiger partial charge in [-0.1, -0.05) is 18.1 Å². The van der Waals surface area contributed by atoms with E-state index in [1.165, 1.54) is 36.4 Å². The van der Waals surface area contributed by atoms with Crippen LogP contribution in [0.1, 0.15) is 16.8 Å². The van der Waals surface area contributed by atoms with Crippen LogP contribution in [0.3, 0.4) is 0 Å². The number of sulfonamides is 1. The molecule has 0 saturated heterocycles. The number of terminal acetylenes is 1. The number of carboxylic acids is 1. The van der Waals surface area contributed by atoms with E-state index in [4.69, 9.17) is 23.0 Å². The van der Waals surface area contributed by atoms with Gasteiger partial charge in [-0.2, -0.15) is 4.72 Å². The van der Waals surface area contributed by atoms with Crippen molar-refractivity contribution in [3.8, 4) is 12.3 Å². The summed E-state index contributed by atoms with van der Waals surface area (Å²) < 4.78 is 27.1. The first-order valence-corrected chi connectivity index (χ1v) is 9.90. The number of benzene rings is 2. The van der Waals surface area contributed by atoms with Crippen LogP contribution in [0.2, 0.25) is 0 Å². The average molecular weight is 429 g/mol. The zero-order chi connectivity index (χ0) is 22.3. The fourth-order valence-electron chi connectivity index (χ4n) is 2.37. The van der Waals surface area contributed by atoms with Crippen molar-refractivity contribution in [3.05, 3.63) is 54.1 Å². The number of aliphatic carboxylic acids is 1. The predicted octanol–water partition coefficient (Wildman–Crippen LogP) is 0.599.